The highest BCUT2D eigenvalue weighted by molar-refractivity contribution is 6.30. The molecule has 0 saturated heterocycles. The Labute approximate surface area is 103 Å². The van der Waals surface area contributed by atoms with Gasteiger partial charge in [-0.3, -0.25) is 19.1 Å². The van der Waals surface area contributed by atoms with E-state index in [2.05, 4.69) is 4.99 Å². The van der Waals surface area contributed by atoms with Gasteiger partial charge in [0, 0.05) is 13.2 Å². The van der Waals surface area contributed by atoms with Crippen LogP contribution in [-0.4, -0.2) is 23.8 Å². The molecule has 1 aromatic heterocycles. The number of carbonyl (C=O) groups excluding carboxylic acids is 2. The zero-order chi connectivity index (χ0) is 13.0. The number of amides is 1. The molecule has 0 aliphatic heterocycles. The molecule has 0 fully saturated rings. The molecule has 0 unspecified atom stereocenters. The van der Waals surface area contributed by atoms with Crippen molar-refractivity contribution in [3.8, 4) is 0 Å². The van der Waals surface area contributed by atoms with Gasteiger partial charge in [0.25, 0.3) is 5.91 Å². The summed E-state index contributed by atoms with van der Waals surface area (Å²) in [7, 11) is 1.51. The fourth-order valence-corrected chi connectivity index (χ4v) is 1.70. The monoisotopic (exact) mass is 253 g/mol. The number of hydrogen-bond donors (Lipinski definition) is 1. The standard InChI is InChI=1S/C11H12ClN3O2/c1-3-9(10(13)17)15-5-8(12)4-7(6-16)11(15)14-2/h3-6H,1-2H3,(H2,13,17)/b9-3+,14-11?. The predicted octanol–water partition coefficient (Wildman–Crippen LogP) is 0.831. The largest absolute Gasteiger partial charge is 0.364 e. The lowest BCUT2D eigenvalue weighted by Gasteiger charge is -2.10. The van der Waals surface area contributed by atoms with Gasteiger partial charge in [-0.15, -0.1) is 0 Å². The summed E-state index contributed by atoms with van der Waals surface area (Å²) in [5.41, 5.74) is 6.07. The Hall–Kier alpha value is -1.88. The first-order chi connectivity index (χ1) is 8.04. The Bertz CT molecular complexity index is 558. The number of carbonyl (C=O) groups is 2. The summed E-state index contributed by atoms with van der Waals surface area (Å²) in [6, 6.07) is 1.47. The van der Waals surface area contributed by atoms with Crippen LogP contribution < -0.4 is 11.2 Å². The zero-order valence-electron chi connectivity index (χ0n) is 9.48. The Kier molecular flexibility index (Phi) is 4.23. The van der Waals surface area contributed by atoms with Gasteiger partial charge < -0.3 is 5.73 Å². The van der Waals surface area contributed by atoms with Crippen molar-refractivity contribution in [1.29, 1.82) is 0 Å². The van der Waals surface area contributed by atoms with Crippen molar-refractivity contribution < 1.29 is 9.59 Å². The molecule has 1 rings (SSSR count). The van der Waals surface area contributed by atoms with Crippen LogP contribution in [0.1, 0.15) is 17.3 Å². The molecule has 1 aromatic rings. The van der Waals surface area contributed by atoms with Crippen molar-refractivity contribution in [1.82, 2.24) is 4.57 Å². The van der Waals surface area contributed by atoms with Crippen molar-refractivity contribution >= 4 is 29.5 Å². The Morgan fingerprint density at radius 1 is 1.59 bits per heavy atom. The van der Waals surface area contributed by atoms with Crippen molar-refractivity contribution in [2.24, 2.45) is 10.7 Å². The van der Waals surface area contributed by atoms with Crippen LogP contribution in [0.5, 0.6) is 0 Å². The number of primary amides is 1. The molecule has 17 heavy (non-hydrogen) atoms. The first-order valence-electron chi connectivity index (χ1n) is 4.81. The van der Waals surface area contributed by atoms with Crippen LogP contribution in [0.25, 0.3) is 5.70 Å². The van der Waals surface area contributed by atoms with E-state index in [0.29, 0.717) is 22.4 Å². The van der Waals surface area contributed by atoms with Gasteiger partial charge in [-0.25, -0.2) is 0 Å². The molecule has 0 saturated carbocycles. The van der Waals surface area contributed by atoms with Crippen molar-refractivity contribution in [2.75, 3.05) is 7.05 Å². The van der Waals surface area contributed by atoms with Gasteiger partial charge in [0.15, 0.2) is 6.29 Å². The van der Waals surface area contributed by atoms with E-state index < -0.39 is 5.91 Å². The van der Waals surface area contributed by atoms with E-state index in [1.807, 2.05) is 0 Å². The smallest absolute Gasteiger partial charge is 0.265 e. The minimum Gasteiger partial charge on any atom is -0.364 e. The highest BCUT2D eigenvalue weighted by Gasteiger charge is 2.10. The third-order valence-corrected chi connectivity index (χ3v) is 2.36. The molecule has 5 nitrogen and oxygen atoms in total. The lowest BCUT2D eigenvalue weighted by atomic mass is 10.2. The van der Waals surface area contributed by atoms with Crippen LogP contribution in [0.3, 0.4) is 0 Å². The first-order valence-corrected chi connectivity index (χ1v) is 5.19. The predicted molar refractivity (Wildman–Crippen MR) is 65.5 cm³/mol. The van der Waals surface area contributed by atoms with Gasteiger partial charge in [0.2, 0.25) is 0 Å². The van der Waals surface area contributed by atoms with E-state index >= 15 is 0 Å². The van der Waals surface area contributed by atoms with E-state index in [1.165, 1.54) is 30.0 Å². The number of nitrogens with zero attached hydrogens (tertiary/aromatic N) is 2. The van der Waals surface area contributed by atoms with Crippen molar-refractivity contribution in [3.05, 3.63) is 34.4 Å². The summed E-state index contributed by atoms with van der Waals surface area (Å²) in [5, 5.41) is 0.320. The van der Waals surface area contributed by atoms with Crippen molar-refractivity contribution in [2.45, 2.75) is 6.92 Å². The fourth-order valence-electron chi connectivity index (χ4n) is 1.48. The highest BCUT2D eigenvalue weighted by atomic mass is 35.5. The summed E-state index contributed by atoms with van der Waals surface area (Å²) in [6.45, 7) is 1.66. The third kappa shape index (κ3) is 2.62. The van der Waals surface area contributed by atoms with E-state index in [9.17, 15) is 9.59 Å². The fraction of sp³-hybridized carbons (Fsp3) is 0.182. The van der Waals surface area contributed by atoms with Gasteiger partial charge in [-0.1, -0.05) is 17.7 Å². The quantitative estimate of drug-likeness (QED) is 0.640. The molecule has 0 bridgehead atoms. The summed E-state index contributed by atoms with van der Waals surface area (Å²) in [5.74, 6) is -0.624. The second-order valence-electron chi connectivity index (χ2n) is 3.19. The molecule has 2 N–H and O–H groups in total. The normalized spacial score (nSPS) is 12.6. The molecular formula is C11H12ClN3O2. The van der Waals surface area contributed by atoms with E-state index in [4.69, 9.17) is 17.3 Å². The molecule has 6 heteroatoms. The number of pyridine rings is 1. The maximum Gasteiger partial charge on any atom is 0.265 e. The number of rotatable bonds is 3. The molecule has 0 aliphatic carbocycles. The van der Waals surface area contributed by atoms with Crippen LogP contribution in [0.4, 0.5) is 0 Å². The molecule has 0 radical (unpaired) electrons. The second kappa shape index (κ2) is 5.45. The molecule has 0 aliphatic rings. The number of aromatic nitrogens is 1. The zero-order valence-corrected chi connectivity index (χ0v) is 10.2. The second-order valence-corrected chi connectivity index (χ2v) is 3.62. The number of hydrogen-bond acceptors (Lipinski definition) is 3. The summed E-state index contributed by atoms with van der Waals surface area (Å²) in [4.78, 5) is 26.1. The van der Waals surface area contributed by atoms with Crippen LogP contribution >= 0.6 is 11.6 Å². The van der Waals surface area contributed by atoms with Crippen LogP contribution in [-0.2, 0) is 4.79 Å². The number of aldehydes is 1. The van der Waals surface area contributed by atoms with Crippen LogP contribution in [0.15, 0.2) is 23.3 Å². The minimum absolute atomic E-state index is 0.205. The average Bonchev–Trinajstić information content (AvgIpc) is 2.28. The molecule has 0 spiro atoms. The Balaban J connectivity index is 3.70. The van der Waals surface area contributed by atoms with Gasteiger partial charge in [0.05, 0.1) is 10.6 Å². The summed E-state index contributed by atoms with van der Waals surface area (Å²) < 4.78 is 1.40. The molecule has 1 amide bonds. The minimum atomic E-state index is -0.624. The van der Waals surface area contributed by atoms with Crippen molar-refractivity contribution in [3.63, 3.8) is 0 Å². The number of nitrogens with two attached hydrogens (primary N) is 1. The van der Waals surface area contributed by atoms with Gasteiger partial charge in [0.1, 0.15) is 11.2 Å². The van der Waals surface area contributed by atoms with Crippen LogP contribution in [0.2, 0.25) is 5.02 Å². The van der Waals surface area contributed by atoms with E-state index in [0.717, 1.165) is 0 Å². The summed E-state index contributed by atoms with van der Waals surface area (Å²) in [6.07, 6.45) is 3.64. The topological polar surface area (TPSA) is 77.5 Å². The molecule has 0 aromatic carbocycles. The number of allylic oxidation sites excluding steroid dienone is 1. The number of halogens is 1. The maximum atomic E-state index is 11.3. The molecule has 1 heterocycles. The maximum absolute atomic E-state index is 11.3. The third-order valence-electron chi connectivity index (χ3n) is 2.16. The van der Waals surface area contributed by atoms with Gasteiger partial charge in [-0.2, -0.15) is 0 Å². The van der Waals surface area contributed by atoms with E-state index in [1.54, 1.807) is 6.92 Å². The van der Waals surface area contributed by atoms with Crippen LogP contribution in [0, 0.1) is 0 Å². The first kappa shape index (κ1) is 13.2. The average molecular weight is 254 g/mol. The lowest BCUT2D eigenvalue weighted by Crippen LogP contribution is -2.29. The molecule has 90 valence electrons. The SMILES string of the molecule is C/C=C(\C(N)=O)n1cc(Cl)cc(C=O)c1=NC. The van der Waals surface area contributed by atoms with E-state index in [-0.39, 0.29) is 5.70 Å². The van der Waals surface area contributed by atoms with Gasteiger partial charge in [-0.05, 0) is 13.0 Å². The molecular weight excluding hydrogens is 242 g/mol. The Morgan fingerprint density at radius 3 is 2.65 bits per heavy atom. The molecule has 0 atom stereocenters. The highest BCUT2D eigenvalue weighted by Crippen LogP contribution is 2.10. The lowest BCUT2D eigenvalue weighted by molar-refractivity contribution is -0.113. The Morgan fingerprint density at radius 2 is 2.24 bits per heavy atom. The summed E-state index contributed by atoms with van der Waals surface area (Å²) >= 11 is 5.86. The van der Waals surface area contributed by atoms with Gasteiger partial charge >= 0.3 is 0 Å².